The maximum absolute atomic E-state index is 12.7. The molecule has 0 aromatic carbocycles. The second-order valence-corrected chi connectivity index (χ2v) is 10.3. The Labute approximate surface area is 151 Å². The monoisotopic (exact) mass is 340 g/mol. The van der Waals surface area contributed by atoms with E-state index in [4.69, 9.17) is 0 Å². The Morgan fingerprint density at radius 2 is 1.80 bits per heavy atom. The molecule has 0 saturated heterocycles. The van der Waals surface area contributed by atoms with Crippen LogP contribution in [0.2, 0.25) is 0 Å². The van der Waals surface area contributed by atoms with Gasteiger partial charge in [-0.05, 0) is 86.9 Å². The molecule has 0 spiro atoms. The highest BCUT2D eigenvalue weighted by Crippen LogP contribution is 2.80. The van der Waals surface area contributed by atoms with Crippen LogP contribution in [0, 0.1) is 34.0 Å². The SMILES string of the molecule is CC(=O)C12CCC3(CC1)[C@@H]1CCC4=C(C(C)CC(=O)C4)[C@H]1CC[C@]23C. The first kappa shape index (κ1) is 16.3. The van der Waals surface area contributed by atoms with Crippen molar-refractivity contribution in [2.24, 2.45) is 34.0 Å². The number of carbonyl (C=O) groups excluding carboxylic acids is 2. The Hall–Kier alpha value is -0.920. The minimum atomic E-state index is -0.0131. The first-order valence-electron chi connectivity index (χ1n) is 10.6. The summed E-state index contributed by atoms with van der Waals surface area (Å²) >= 11 is 0. The normalized spacial score (nSPS) is 51.2. The summed E-state index contributed by atoms with van der Waals surface area (Å²) in [6.07, 6.45) is 11.3. The van der Waals surface area contributed by atoms with E-state index in [-0.39, 0.29) is 10.8 Å². The summed E-state index contributed by atoms with van der Waals surface area (Å²) in [5.74, 6) is 2.87. The third kappa shape index (κ3) is 1.68. The van der Waals surface area contributed by atoms with Gasteiger partial charge in [-0.3, -0.25) is 9.59 Å². The fraction of sp³-hybridized carbons (Fsp3) is 0.826. The van der Waals surface area contributed by atoms with Crippen molar-refractivity contribution in [2.45, 2.75) is 85.0 Å². The van der Waals surface area contributed by atoms with Crippen molar-refractivity contribution >= 4 is 11.6 Å². The molecule has 4 atom stereocenters. The van der Waals surface area contributed by atoms with Crippen LogP contribution in [0.4, 0.5) is 0 Å². The molecular formula is C23H32O2. The van der Waals surface area contributed by atoms with Crippen molar-refractivity contribution < 1.29 is 9.59 Å². The van der Waals surface area contributed by atoms with Crippen molar-refractivity contribution in [1.82, 2.24) is 0 Å². The van der Waals surface area contributed by atoms with Crippen LogP contribution < -0.4 is 0 Å². The highest BCUT2D eigenvalue weighted by atomic mass is 16.1. The predicted octanol–water partition coefficient (Wildman–Crippen LogP) is 5.26. The van der Waals surface area contributed by atoms with Crippen LogP contribution in [0.3, 0.4) is 0 Å². The van der Waals surface area contributed by atoms with Crippen molar-refractivity contribution in [3.05, 3.63) is 11.1 Å². The summed E-state index contributed by atoms with van der Waals surface area (Å²) in [6, 6.07) is 0. The maximum Gasteiger partial charge on any atom is 0.137 e. The van der Waals surface area contributed by atoms with E-state index in [0.29, 0.717) is 28.8 Å². The van der Waals surface area contributed by atoms with Gasteiger partial charge in [-0.2, -0.15) is 0 Å². The summed E-state index contributed by atoms with van der Waals surface area (Å²) < 4.78 is 0. The molecule has 0 aromatic heterocycles. The third-order valence-electron chi connectivity index (χ3n) is 10.0. The van der Waals surface area contributed by atoms with Gasteiger partial charge in [0.05, 0.1) is 0 Å². The number of allylic oxidation sites excluding steroid dienone is 2. The van der Waals surface area contributed by atoms with Crippen LogP contribution >= 0.6 is 0 Å². The topological polar surface area (TPSA) is 34.1 Å². The fourth-order valence-corrected chi connectivity index (χ4v) is 8.99. The molecular weight excluding hydrogens is 308 g/mol. The van der Waals surface area contributed by atoms with Gasteiger partial charge in [-0.25, -0.2) is 0 Å². The molecule has 25 heavy (non-hydrogen) atoms. The van der Waals surface area contributed by atoms with Gasteiger partial charge < -0.3 is 0 Å². The minimum Gasteiger partial charge on any atom is -0.299 e. The lowest BCUT2D eigenvalue weighted by Crippen LogP contribution is -2.52. The van der Waals surface area contributed by atoms with E-state index in [1.165, 1.54) is 37.7 Å². The molecule has 0 aliphatic heterocycles. The number of ketones is 2. The van der Waals surface area contributed by atoms with E-state index in [2.05, 4.69) is 13.8 Å². The van der Waals surface area contributed by atoms with Crippen molar-refractivity contribution in [2.75, 3.05) is 0 Å². The Morgan fingerprint density at radius 1 is 1.08 bits per heavy atom. The first-order chi connectivity index (χ1) is 11.8. The van der Waals surface area contributed by atoms with E-state index >= 15 is 0 Å². The summed E-state index contributed by atoms with van der Waals surface area (Å²) in [4.78, 5) is 24.8. The average Bonchev–Trinajstić information content (AvgIpc) is 2.99. The minimum absolute atomic E-state index is 0.0131. The zero-order valence-corrected chi connectivity index (χ0v) is 16.1. The molecule has 2 nitrogen and oxygen atoms in total. The van der Waals surface area contributed by atoms with E-state index < -0.39 is 0 Å². The van der Waals surface area contributed by atoms with E-state index in [1.807, 2.05) is 6.92 Å². The predicted molar refractivity (Wildman–Crippen MR) is 98.0 cm³/mol. The lowest BCUT2D eigenvalue weighted by molar-refractivity contribution is -0.137. The molecule has 2 heteroatoms. The van der Waals surface area contributed by atoms with Crippen LogP contribution in [0.25, 0.3) is 0 Å². The maximum atomic E-state index is 12.7. The Balaban J connectivity index is 1.58. The van der Waals surface area contributed by atoms with Crippen LogP contribution in [0.5, 0.6) is 0 Å². The van der Waals surface area contributed by atoms with E-state index in [1.54, 1.807) is 5.57 Å². The smallest absolute Gasteiger partial charge is 0.137 e. The fourth-order valence-electron chi connectivity index (χ4n) is 8.99. The lowest BCUT2D eigenvalue weighted by Gasteiger charge is -2.58. The van der Waals surface area contributed by atoms with Gasteiger partial charge in [0.1, 0.15) is 11.6 Å². The number of rotatable bonds is 1. The van der Waals surface area contributed by atoms with Crippen LogP contribution in [0.15, 0.2) is 11.1 Å². The molecule has 1 unspecified atom stereocenters. The van der Waals surface area contributed by atoms with Gasteiger partial charge in [-0.1, -0.05) is 25.0 Å². The Morgan fingerprint density at radius 3 is 2.48 bits per heavy atom. The summed E-state index contributed by atoms with van der Waals surface area (Å²) in [5.41, 5.74) is 3.83. The molecule has 5 rings (SSSR count). The largest absolute Gasteiger partial charge is 0.299 e. The highest BCUT2D eigenvalue weighted by Gasteiger charge is 2.74. The molecule has 0 heterocycles. The van der Waals surface area contributed by atoms with Crippen molar-refractivity contribution in [1.29, 1.82) is 0 Å². The number of fused-ring (bicyclic) bond motifs is 2. The van der Waals surface area contributed by atoms with Crippen LogP contribution in [-0.4, -0.2) is 11.6 Å². The highest BCUT2D eigenvalue weighted by molar-refractivity contribution is 5.85. The molecule has 5 aliphatic rings. The molecule has 0 N–H and O–H groups in total. The third-order valence-corrected chi connectivity index (χ3v) is 10.0. The van der Waals surface area contributed by atoms with Gasteiger partial charge in [0.15, 0.2) is 0 Å². The van der Waals surface area contributed by atoms with Crippen LogP contribution in [0.1, 0.15) is 85.0 Å². The summed E-state index contributed by atoms with van der Waals surface area (Å²) in [7, 11) is 0. The van der Waals surface area contributed by atoms with Crippen molar-refractivity contribution in [3.63, 3.8) is 0 Å². The standard InChI is InChI=1S/C23H32O2/c1-14-12-17(25)13-16-4-5-19-18(20(14)16)6-7-21(3)22(15(2)24)8-10-23(19,21)11-9-22/h14,18-19H,4-13H2,1-3H3/t14?,18-,19+,21+,22?,23?/m0/s1. The number of hydrogen-bond acceptors (Lipinski definition) is 2. The van der Waals surface area contributed by atoms with Crippen molar-refractivity contribution in [3.8, 4) is 0 Å². The summed E-state index contributed by atoms with van der Waals surface area (Å²) in [5, 5.41) is 0. The quantitative estimate of drug-likeness (QED) is 0.610. The van der Waals surface area contributed by atoms with Gasteiger partial charge in [-0.15, -0.1) is 0 Å². The molecule has 3 fully saturated rings. The zero-order valence-electron chi connectivity index (χ0n) is 16.1. The van der Waals surface area contributed by atoms with E-state index in [0.717, 1.165) is 38.0 Å². The Kier molecular flexibility index (Phi) is 3.17. The number of carbonyl (C=O) groups is 2. The second kappa shape index (κ2) is 4.87. The lowest BCUT2D eigenvalue weighted by atomic mass is 9.45. The zero-order chi connectivity index (χ0) is 17.6. The molecule has 2 bridgehead atoms. The van der Waals surface area contributed by atoms with Gasteiger partial charge in [0.2, 0.25) is 0 Å². The van der Waals surface area contributed by atoms with Crippen LogP contribution in [-0.2, 0) is 9.59 Å². The summed E-state index contributed by atoms with van der Waals surface area (Å²) in [6.45, 7) is 6.65. The molecule has 136 valence electrons. The average molecular weight is 341 g/mol. The van der Waals surface area contributed by atoms with Gasteiger partial charge >= 0.3 is 0 Å². The molecule has 5 aliphatic carbocycles. The Bertz CT molecular complexity index is 691. The second-order valence-electron chi connectivity index (χ2n) is 10.3. The van der Waals surface area contributed by atoms with Gasteiger partial charge in [0, 0.05) is 18.3 Å². The number of hydrogen-bond donors (Lipinski definition) is 0. The molecule has 0 amide bonds. The molecule has 0 radical (unpaired) electrons. The molecule has 3 saturated carbocycles. The van der Waals surface area contributed by atoms with Gasteiger partial charge in [0.25, 0.3) is 0 Å². The molecule has 0 aromatic rings. The van der Waals surface area contributed by atoms with E-state index in [9.17, 15) is 9.59 Å². The first-order valence-corrected chi connectivity index (χ1v) is 10.6. The number of Topliss-reactive ketones (excluding diaryl/α,β-unsaturated/α-hetero) is 2.